The van der Waals surface area contributed by atoms with Crippen molar-refractivity contribution in [2.24, 2.45) is 5.41 Å². The smallest absolute Gasteiger partial charge is 0.410 e. The lowest BCUT2D eigenvalue weighted by Gasteiger charge is -2.51. The first-order valence-corrected chi connectivity index (χ1v) is 19.3. The highest BCUT2D eigenvalue weighted by Crippen LogP contribution is 2.58. The standard InChI is InChI=1S/C37H45F4NO2Si/c1-35(2,3)45(4,5)44-29-22-36(19-8-20-36)21-28-31(29)30(23-13-17-27(38)18-14-23)32(33(42-28)24-9-6-7-10-24)34(43)25-11-15-26(16-12-25)37(39,40)41/h11-18,24,29,34,43H,6-10,19-22H2,1-5H3/t29-,34-/m0/s1. The van der Waals surface area contributed by atoms with Gasteiger partial charge in [-0.25, -0.2) is 4.39 Å². The van der Waals surface area contributed by atoms with E-state index in [9.17, 15) is 22.7 Å². The molecule has 3 aliphatic carbocycles. The third kappa shape index (κ3) is 6.14. The van der Waals surface area contributed by atoms with Crippen molar-refractivity contribution in [3.63, 3.8) is 0 Å². The third-order valence-electron chi connectivity index (χ3n) is 11.2. The van der Waals surface area contributed by atoms with E-state index in [1.54, 1.807) is 12.1 Å². The number of pyridine rings is 1. The number of halogens is 4. The Balaban J connectivity index is 1.62. The number of fused-ring (bicyclic) bond motifs is 1. The molecule has 1 N–H and O–H groups in total. The van der Waals surface area contributed by atoms with E-state index >= 15 is 0 Å². The first kappa shape index (κ1) is 32.4. The number of nitrogens with zero attached hydrogens (tertiary/aromatic N) is 1. The van der Waals surface area contributed by atoms with E-state index < -0.39 is 26.2 Å². The van der Waals surface area contributed by atoms with Crippen molar-refractivity contribution < 1.29 is 27.1 Å². The largest absolute Gasteiger partial charge is 0.416 e. The average Bonchev–Trinajstić information content (AvgIpc) is 3.49. The minimum atomic E-state index is -4.48. The fourth-order valence-electron chi connectivity index (χ4n) is 7.51. The molecule has 3 aliphatic rings. The summed E-state index contributed by atoms with van der Waals surface area (Å²) in [6.07, 6.45) is 3.21. The molecule has 0 amide bonds. The van der Waals surface area contributed by atoms with Crippen LogP contribution < -0.4 is 0 Å². The molecule has 0 saturated heterocycles. The zero-order valence-electron chi connectivity index (χ0n) is 27.0. The van der Waals surface area contributed by atoms with Gasteiger partial charge in [0.15, 0.2) is 8.32 Å². The molecule has 2 aromatic carbocycles. The van der Waals surface area contributed by atoms with Crippen LogP contribution in [-0.2, 0) is 17.0 Å². The molecular formula is C37H45F4NO2Si. The maximum atomic E-state index is 14.3. The van der Waals surface area contributed by atoms with Crippen molar-refractivity contribution in [3.8, 4) is 11.1 Å². The van der Waals surface area contributed by atoms with Crippen molar-refractivity contribution in [3.05, 3.63) is 88.0 Å². The minimum absolute atomic E-state index is 0.0345. The van der Waals surface area contributed by atoms with E-state index in [0.717, 1.165) is 91.6 Å². The number of rotatable bonds is 6. The van der Waals surface area contributed by atoms with E-state index in [4.69, 9.17) is 9.41 Å². The molecule has 1 heterocycles. The molecule has 3 aromatic rings. The van der Waals surface area contributed by atoms with E-state index in [-0.39, 0.29) is 28.3 Å². The number of aromatic nitrogens is 1. The quantitative estimate of drug-likeness (QED) is 0.216. The molecular weight excluding hydrogens is 594 g/mol. The first-order chi connectivity index (χ1) is 21.1. The summed E-state index contributed by atoms with van der Waals surface area (Å²) in [5.74, 6) is -0.224. The summed E-state index contributed by atoms with van der Waals surface area (Å²) in [4.78, 5) is 5.44. The topological polar surface area (TPSA) is 42.4 Å². The summed E-state index contributed by atoms with van der Waals surface area (Å²) in [5, 5.41) is 12.2. The average molecular weight is 640 g/mol. The van der Waals surface area contributed by atoms with Gasteiger partial charge in [0.05, 0.1) is 17.4 Å². The third-order valence-corrected chi connectivity index (χ3v) is 15.7. The fraction of sp³-hybridized carbons (Fsp3) is 0.541. The van der Waals surface area contributed by atoms with E-state index in [1.165, 1.54) is 30.7 Å². The van der Waals surface area contributed by atoms with Gasteiger partial charge in [-0.1, -0.05) is 64.3 Å². The van der Waals surface area contributed by atoms with Crippen LogP contribution in [0.4, 0.5) is 17.6 Å². The van der Waals surface area contributed by atoms with Gasteiger partial charge in [-0.15, -0.1) is 0 Å². The van der Waals surface area contributed by atoms with Crippen LogP contribution in [0.3, 0.4) is 0 Å². The van der Waals surface area contributed by atoms with Gasteiger partial charge < -0.3 is 9.53 Å². The Morgan fingerprint density at radius 3 is 2.09 bits per heavy atom. The lowest BCUT2D eigenvalue weighted by molar-refractivity contribution is -0.137. The van der Waals surface area contributed by atoms with Crippen LogP contribution in [0.25, 0.3) is 11.1 Å². The van der Waals surface area contributed by atoms with Gasteiger partial charge in [0.1, 0.15) is 11.9 Å². The SMILES string of the molecule is CC(C)(C)[Si](C)(C)O[C@H]1CC2(CCC2)Cc2nc(C3CCCC3)c([C@@H](O)c3ccc(C(F)(F)F)cc3)c(-c3ccc(F)cc3)c21. The molecule has 0 unspecified atom stereocenters. The maximum absolute atomic E-state index is 14.3. The first-order valence-electron chi connectivity index (χ1n) is 16.4. The van der Waals surface area contributed by atoms with Gasteiger partial charge in [-0.2, -0.15) is 13.2 Å². The summed E-state index contributed by atoms with van der Waals surface area (Å²) < 4.78 is 62.0. The van der Waals surface area contributed by atoms with Crippen LogP contribution in [0, 0.1) is 11.2 Å². The highest BCUT2D eigenvalue weighted by atomic mass is 28.4. The molecule has 0 radical (unpaired) electrons. The number of hydrogen-bond acceptors (Lipinski definition) is 3. The molecule has 2 fully saturated rings. The van der Waals surface area contributed by atoms with Crippen LogP contribution in [0.15, 0.2) is 48.5 Å². The van der Waals surface area contributed by atoms with Gasteiger partial charge >= 0.3 is 6.18 Å². The van der Waals surface area contributed by atoms with Crippen molar-refractivity contribution in [2.75, 3.05) is 0 Å². The summed E-state index contributed by atoms with van der Waals surface area (Å²) in [5.41, 5.74) is 4.76. The van der Waals surface area contributed by atoms with E-state index in [0.29, 0.717) is 11.1 Å². The predicted octanol–water partition coefficient (Wildman–Crippen LogP) is 10.8. The molecule has 2 atom stereocenters. The van der Waals surface area contributed by atoms with E-state index in [2.05, 4.69) is 33.9 Å². The Bertz CT molecular complexity index is 1530. The van der Waals surface area contributed by atoms with Gasteiger partial charge in [-0.3, -0.25) is 4.98 Å². The Morgan fingerprint density at radius 2 is 1.56 bits per heavy atom. The van der Waals surface area contributed by atoms with Gasteiger partial charge in [0.25, 0.3) is 0 Å². The molecule has 45 heavy (non-hydrogen) atoms. The lowest BCUT2D eigenvalue weighted by atomic mass is 9.59. The summed E-state index contributed by atoms with van der Waals surface area (Å²) in [6, 6.07) is 11.2. The van der Waals surface area contributed by atoms with Crippen LogP contribution in [0.2, 0.25) is 18.1 Å². The van der Waals surface area contributed by atoms with Crippen LogP contribution in [0.5, 0.6) is 0 Å². The highest BCUT2D eigenvalue weighted by molar-refractivity contribution is 6.74. The molecule has 3 nitrogen and oxygen atoms in total. The number of alkyl halides is 3. The highest BCUT2D eigenvalue weighted by Gasteiger charge is 2.49. The second-order valence-corrected chi connectivity index (χ2v) is 20.0. The molecule has 1 spiro atoms. The zero-order valence-corrected chi connectivity index (χ0v) is 28.0. The van der Waals surface area contributed by atoms with Gasteiger partial charge in [0, 0.05) is 22.7 Å². The Kier molecular flexibility index (Phi) is 8.35. The van der Waals surface area contributed by atoms with Crippen molar-refractivity contribution in [2.45, 2.75) is 121 Å². The van der Waals surface area contributed by atoms with Crippen molar-refractivity contribution in [1.82, 2.24) is 4.98 Å². The Morgan fingerprint density at radius 1 is 0.933 bits per heavy atom. The lowest BCUT2D eigenvalue weighted by Crippen LogP contribution is -2.46. The fourth-order valence-corrected chi connectivity index (χ4v) is 8.78. The Labute approximate surface area is 265 Å². The molecule has 0 aliphatic heterocycles. The monoisotopic (exact) mass is 639 g/mol. The Hall–Kier alpha value is -2.55. The molecule has 242 valence electrons. The van der Waals surface area contributed by atoms with E-state index in [1.807, 2.05) is 0 Å². The van der Waals surface area contributed by atoms with Crippen molar-refractivity contribution in [1.29, 1.82) is 0 Å². The van der Waals surface area contributed by atoms with Crippen LogP contribution in [-0.4, -0.2) is 18.4 Å². The summed E-state index contributed by atoms with van der Waals surface area (Å²) >= 11 is 0. The molecule has 8 heteroatoms. The second kappa shape index (κ2) is 11.6. The number of hydrogen-bond donors (Lipinski definition) is 1. The zero-order chi connectivity index (χ0) is 32.4. The number of aliphatic hydroxyl groups is 1. The van der Waals surface area contributed by atoms with Gasteiger partial charge in [0.2, 0.25) is 0 Å². The number of benzene rings is 2. The van der Waals surface area contributed by atoms with Crippen LogP contribution in [0.1, 0.15) is 124 Å². The molecule has 1 aromatic heterocycles. The van der Waals surface area contributed by atoms with Gasteiger partial charge in [-0.05, 0) is 103 Å². The minimum Gasteiger partial charge on any atom is -0.410 e. The summed E-state index contributed by atoms with van der Waals surface area (Å²) in [7, 11) is -2.27. The second-order valence-electron chi connectivity index (χ2n) is 15.3. The number of aliphatic hydroxyl groups excluding tert-OH is 1. The van der Waals surface area contributed by atoms with Crippen molar-refractivity contribution >= 4 is 8.32 Å². The maximum Gasteiger partial charge on any atom is 0.416 e. The normalized spacial score (nSPS) is 21.1. The molecule has 2 saturated carbocycles. The summed E-state index contributed by atoms with van der Waals surface area (Å²) in [6.45, 7) is 11.2. The molecule has 0 bridgehead atoms. The predicted molar refractivity (Wildman–Crippen MR) is 172 cm³/mol. The van der Waals surface area contributed by atoms with Crippen LogP contribution >= 0.6 is 0 Å². The molecule has 6 rings (SSSR count).